The molecule has 2 aromatic carbocycles. The Balaban J connectivity index is 2.37. The molecular weight excluding hydrogens is 272 g/mol. The second kappa shape index (κ2) is 5.99. The van der Waals surface area contributed by atoms with E-state index >= 15 is 0 Å². The quantitative estimate of drug-likeness (QED) is 0.911. The highest BCUT2D eigenvalue weighted by molar-refractivity contribution is 6.31. The summed E-state index contributed by atoms with van der Waals surface area (Å²) in [5.74, 6) is -0.962. The van der Waals surface area contributed by atoms with Gasteiger partial charge in [-0.3, -0.25) is 0 Å². The van der Waals surface area contributed by atoms with E-state index in [0.29, 0.717) is 22.9 Å². The summed E-state index contributed by atoms with van der Waals surface area (Å²) in [6.45, 7) is 0.464. The van der Waals surface area contributed by atoms with Crippen molar-refractivity contribution >= 4 is 11.6 Å². The number of hydrogen-bond acceptors (Lipinski definition) is 2. The van der Waals surface area contributed by atoms with Crippen LogP contribution in [0, 0.1) is 11.6 Å². The Kier molecular flexibility index (Phi) is 4.35. The Morgan fingerprint density at radius 1 is 1.16 bits per heavy atom. The second-order valence-electron chi connectivity index (χ2n) is 3.92. The van der Waals surface area contributed by atoms with Crippen LogP contribution >= 0.6 is 11.6 Å². The van der Waals surface area contributed by atoms with Crippen LogP contribution in [0.5, 0.6) is 11.5 Å². The van der Waals surface area contributed by atoms with Gasteiger partial charge in [-0.1, -0.05) is 17.7 Å². The smallest absolute Gasteiger partial charge is 0.165 e. The molecule has 2 nitrogen and oxygen atoms in total. The lowest BCUT2D eigenvalue weighted by Crippen LogP contribution is -2.07. The van der Waals surface area contributed by atoms with Gasteiger partial charge in [-0.25, -0.2) is 8.78 Å². The predicted molar refractivity (Wildman–Crippen MR) is 70.6 cm³/mol. The average molecular weight is 284 g/mol. The van der Waals surface area contributed by atoms with Gasteiger partial charge in [0.2, 0.25) is 0 Å². The lowest BCUT2D eigenvalue weighted by Gasteiger charge is -2.13. The Morgan fingerprint density at radius 3 is 2.68 bits per heavy atom. The molecular formula is C14H12ClF2NO. The van der Waals surface area contributed by atoms with Crippen LogP contribution in [0.1, 0.15) is 5.56 Å². The van der Waals surface area contributed by atoms with Crippen molar-refractivity contribution in [2.75, 3.05) is 7.05 Å². The average Bonchev–Trinajstić information content (AvgIpc) is 2.38. The van der Waals surface area contributed by atoms with Gasteiger partial charge in [-0.05, 0) is 31.3 Å². The largest absolute Gasteiger partial charge is 0.454 e. The fourth-order valence-electron chi connectivity index (χ4n) is 1.66. The summed E-state index contributed by atoms with van der Waals surface area (Å²) < 4.78 is 32.0. The van der Waals surface area contributed by atoms with E-state index in [0.717, 1.165) is 18.2 Å². The molecule has 0 aliphatic heterocycles. The van der Waals surface area contributed by atoms with E-state index in [1.165, 1.54) is 0 Å². The van der Waals surface area contributed by atoms with Crippen molar-refractivity contribution in [2.24, 2.45) is 0 Å². The standard InChI is InChI=1S/C14H12ClF2NO/c1-18-8-10-11(15)3-2-4-13(10)19-14-7-9(16)5-6-12(14)17/h2-7,18H,8H2,1H3. The molecule has 0 atom stereocenters. The van der Waals surface area contributed by atoms with E-state index in [-0.39, 0.29) is 5.75 Å². The van der Waals surface area contributed by atoms with Crippen LogP contribution < -0.4 is 10.1 Å². The van der Waals surface area contributed by atoms with Crippen LogP contribution in [0.15, 0.2) is 36.4 Å². The van der Waals surface area contributed by atoms with Gasteiger partial charge in [0, 0.05) is 23.2 Å². The number of ether oxygens (including phenoxy) is 1. The molecule has 5 heteroatoms. The van der Waals surface area contributed by atoms with Gasteiger partial charge in [0.25, 0.3) is 0 Å². The molecule has 0 radical (unpaired) electrons. The maximum absolute atomic E-state index is 13.5. The van der Waals surface area contributed by atoms with Gasteiger partial charge >= 0.3 is 0 Å². The summed E-state index contributed by atoms with van der Waals surface area (Å²) in [5.41, 5.74) is 0.690. The van der Waals surface area contributed by atoms with Gasteiger partial charge in [0.05, 0.1) is 0 Å². The first-order valence-electron chi connectivity index (χ1n) is 5.66. The van der Waals surface area contributed by atoms with Crippen molar-refractivity contribution in [3.8, 4) is 11.5 Å². The van der Waals surface area contributed by atoms with E-state index in [4.69, 9.17) is 16.3 Å². The molecule has 0 spiro atoms. The zero-order chi connectivity index (χ0) is 13.8. The number of halogens is 3. The fourth-order valence-corrected chi connectivity index (χ4v) is 1.89. The topological polar surface area (TPSA) is 21.3 Å². The van der Waals surface area contributed by atoms with Crippen molar-refractivity contribution in [3.63, 3.8) is 0 Å². The maximum atomic E-state index is 13.5. The Bertz CT molecular complexity index is 590. The fraction of sp³-hybridized carbons (Fsp3) is 0.143. The van der Waals surface area contributed by atoms with Crippen molar-refractivity contribution in [1.82, 2.24) is 5.32 Å². The third-order valence-corrected chi connectivity index (χ3v) is 2.90. The maximum Gasteiger partial charge on any atom is 0.165 e. The first kappa shape index (κ1) is 13.8. The van der Waals surface area contributed by atoms with Gasteiger partial charge in [0.1, 0.15) is 11.6 Å². The molecule has 2 aromatic rings. The van der Waals surface area contributed by atoms with Gasteiger partial charge in [0.15, 0.2) is 11.6 Å². The van der Waals surface area contributed by atoms with Gasteiger partial charge in [-0.2, -0.15) is 0 Å². The van der Waals surface area contributed by atoms with E-state index in [9.17, 15) is 8.78 Å². The first-order valence-corrected chi connectivity index (χ1v) is 6.04. The third kappa shape index (κ3) is 3.22. The minimum atomic E-state index is -0.628. The van der Waals surface area contributed by atoms with E-state index in [1.807, 2.05) is 0 Å². The molecule has 100 valence electrons. The van der Waals surface area contributed by atoms with E-state index in [2.05, 4.69) is 5.32 Å². The first-order chi connectivity index (χ1) is 9.11. The normalized spacial score (nSPS) is 10.5. The SMILES string of the molecule is CNCc1c(Cl)cccc1Oc1cc(F)ccc1F. The number of rotatable bonds is 4. The summed E-state index contributed by atoms with van der Waals surface area (Å²) in [4.78, 5) is 0. The molecule has 2 rings (SSSR count). The molecule has 0 aliphatic carbocycles. The number of hydrogen-bond donors (Lipinski definition) is 1. The van der Waals surface area contributed by atoms with Crippen LogP contribution in [-0.4, -0.2) is 7.05 Å². The van der Waals surface area contributed by atoms with Crippen LogP contribution in [-0.2, 0) is 6.54 Å². The van der Waals surface area contributed by atoms with Crippen LogP contribution in [0.3, 0.4) is 0 Å². The van der Waals surface area contributed by atoms with Crippen LogP contribution in [0.4, 0.5) is 8.78 Å². The molecule has 0 unspecified atom stereocenters. The van der Waals surface area contributed by atoms with Crippen LogP contribution in [0.2, 0.25) is 5.02 Å². The molecule has 0 saturated heterocycles. The predicted octanol–water partition coefficient (Wildman–Crippen LogP) is 4.13. The molecule has 0 saturated carbocycles. The molecule has 0 amide bonds. The molecule has 0 bridgehead atoms. The lowest BCUT2D eigenvalue weighted by molar-refractivity contribution is 0.431. The summed E-state index contributed by atoms with van der Waals surface area (Å²) in [6, 6.07) is 8.11. The molecule has 19 heavy (non-hydrogen) atoms. The highest BCUT2D eigenvalue weighted by Crippen LogP contribution is 2.31. The molecule has 0 fully saturated rings. The summed E-state index contributed by atoms with van der Waals surface area (Å²) >= 11 is 6.06. The Hall–Kier alpha value is -1.65. The molecule has 0 aromatic heterocycles. The van der Waals surface area contributed by atoms with Crippen molar-refractivity contribution in [1.29, 1.82) is 0 Å². The monoisotopic (exact) mass is 283 g/mol. The van der Waals surface area contributed by atoms with E-state index in [1.54, 1.807) is 25.2 Å². The van der Waals surface area contributed by atoms with Gasteiger partial charge in [-0.15, -0.1) is 0 Å². The van der Waals surface area contributed by atoms with Crippen molar-refractivity contribution in [3.05, 3.63) is 58.6 Å². The minimum Gasteiger partial charge on any atom is -0.454 e. The molecule has 1 N–H and O–H groups in total. The van der Waals surface area contributed by atoms with E-state index < -0.39 is 11.6 Å². The Labute approximate surface area is 115 Å². The van der Waals surface area contributed by atoms with Crippen molar-refractivity contribution in [2.45, 2.75) is 6.54 Å². The van der Waals surface area contributed by atoms with Gasteiger partial charge < -0.3 is 10.1 Å². The second-order valence-corrected chi connectivity index (χ2v) is 4.33. The number of nitrogens with one attached hydrogen (secondary N) is 1. The lowest BCUT2D eigenvalue weighted by atomic mass is 10.2. The van der Waals surface area contributed by atoms with Crippen molar-refractivity contribution < 1.29 is 13.5 Å². The zero-order valence-corrected chi connectivity index (χ0v) is 11.0. The zero-order valence-electron chi connectivity index (χ0n) is 10.2. The molecule has 0 aliphatic rings. The summed E-state index contributed by atoms with van der Waals surface area (Å²) in [7, 11) is 1.76. The highest BCUT2D eigenvalue weighted by Gasteiger charge is 2.11. The third-order valence-electron chi connectivity index (χ3n) is 2.54. The Morgan fingerprint density at radius 2 is 1.95 bits per heavy atom. The molecule has 0 heterocycles. The summed E-state index contributed by atoms with van der Waals surface area (Å²) in [5, 5.41) is 3.45. The number of benzene rings is 2. The minimum absolute atomic E-state index is 0.167. The van der Waals surface area contributed by atoms with Crippen LogP contribution in [0.25, 0.3) is 0 Å². The highest BCUT2D eigenvalue weighted by atomic mass is 35.5. The summed E-state index contributed by atoms with van der Waals surface area (Å²) in [6.07, 6.45) is 0.